The van der Waals surface area contributed by atoms with Gasteiger partial charge in [0.2, 0.25) is 10.0 Å². The fourth-order valence-corrected chi connectivity index (χ4v) is 6.11. The molecular weight excluding hydrogens is 412 g/mol. The third kappa shape index (κ3) is 4.06. The number of nitrogens with zero attached hydrogens (tertiary/aromatic N) is 1. The van der Waals surface area contributed by atoms with Crippen LogP contribution in [0.5, 0.6) is 0 Å². The Morgan fingerprint density at radius 1 is 1.22 bits per heavy atom. The number of benzene rings is 2. The lowest BCUT2D eigenvalue weighted by atomic mass is 10.2. The molecule has 27 heavy (non-hydrogen) atoms. The molecule has 7 nitrogen and oxygen atoms in total. The topological polar surface area (TPSA) is 104 Å². The smallest absolute Gasteiger partial charge is 0.262 e. The molecule has 1 heterocycles. The molecule has 0 bridgehead atoms. The highest BCUT2D eigenvalue weighted by atomic mass is 35.5. The Labute approximate surface area is 163 Å². The van der Waals surface area contributed by atoms with Gasteiger partial charge >= 0.3 is 0 Å². The molecular formula is C17H19ClN2O5S2. The Bertz CT molecular complexity index is 1080. The monoisotopic (exact) mass is 430 g/mol. The van der Waals surface area contributed by atoms with E-state index >= 15 is 0 Å². The van der Waals surface area contributed by atoms with Crippen molar-refractivity contribution in [3.8, 4) is 0 Å². The molecule has 0 saturated carbocycles. The van der Waals surface area contributed by atoms with Gasteiger partial charge in [0.1, 0.15) is 0 Å². The Kier molecular flexibility index (Phi) is 5.40. The number of rotatable bonds is 5. The summed E-state index contributed by atoms with van der Waals surface area (Å²) in [6.07, 6.45) is 0.488. The van der Waals surface area contributed by atoms with Crippen molar-refractivity contribution >= 4 is 43.0 Å². The molecule has 1 aliphatic rings. The van der Waals surface area contributed by atoms with Crippen LogP contribution in [0, 0.1) is 6.92 Å². The van der Waals surface area contributed by atoms with Crippen molar-refractivity contribution < 1.29 is 21.9 Å². The molecule has 1 aliphatic heterocycles. The summed E-state index contributed by atoms with van der Waals surface area (Å²) in [5, 5.41) is 9.48. The molecule has 0 unspecified atom stereocenters. The van der Waals surface area contributed by atoms with Crippen molar-refractivity contribution in [2.75, 3.05) is 21.3 Å². The van der Waals surface area contributed by atoms with Crippen LogP contribution >= 0.6 is 11.6 Å². The second-order valence-electron chi connectivity index (χ2n) is 6.27. The number of sulfonamides is 2. The minimum Gasteiger partial charge on any atom is -0.392 e. The van der Waals surface area contributed by atoms with E-state index < -0.39 is 20.0 Å². The molecule has 146 valence electrons. The fourth-order valence-electron chi connectivity index (χ4n) is 2.92. The van der Waals surface area contributed by atoms with Crippen LogP contribution < -0.4 is 9.03 Å². The summed E-state index contributed by atoms with van der Waals surface area (Å²) in [6, 6.07) is 9.00. The van der Waals surface area contributed by atoms with E-state index in [4.69, 9.17) is 11.6 Å². The van der Waals surface area contributed by atoms with Crippen molar-refractivity contribution in [1.29, 1.82) is 0 Å². The number of aliphatic hydroxyl groups is 1. The Balaban J connectivity index is 1.98. The Morgan fingerprint density at radius 2 is 1.96 bits per heavy atom. The van der Waals surface area contributed by atoms with E-state index in [-0.39, 0.29) is 33.7 Å². The number of anilines is 2. The summed E-state index contributed by atoms with van der Waals surface area (Å²) < 4.78 is 53.5. The summed E-state index contributed by atoms with van der Waals surface area (Å²) in [5.74, 6) is 0.0342. The van der Waals surface area contributed by atoms with Crippen molar-refractivity contribution in [2.24, 2.45) is 0 Å². The molecule has 2 aromatic carbocycles. The van der Waals surface area contributed by atoms with Gasteiger partial charge in [-0.1, -0.05) is 23.7 Å². The second kappa shape index (κ2) is 7.31. The van der Waals surface area contributed by atoms with E-state index in [1.165, 1.54) is 28.6 Å². The van der Waals surface area contributed by atoms with Crippen molar-refractivity contribution in [3.63, 3.8) is 0 Å². The highest BCUT2D eigenvalue weighted by Crippen LogP contribution is 2.34. The van der Waals surface area contributed by atoms with Gasteiger partial charge in [-0.15, -0.1) is 0 Å². The molecule has 1 saturated heterocycles. The minimum absolute atomic E-state index is 0.0342. The maximum absolute atomic E-state index is 12.8. The summed E-state index contributed by atoms with van der Waals surface area (Å²) in [4.78, 5) is 0.0411. The predicted octanol–water partition coefficient (Wildman–Crippen LogP) is 2.48. The third-order valence-corrected chi connectivity index (χ3v) is 7.99. The van der Waals surface area contributed by atoms with Crippen LogP contribution in [0.25, 0.3) is 0 Å². The SMILES string of the molecule is Cc1ccc(CO)cc1S(=O)(=O)Nc1ccc(Cl)c(N2CCCS2(=O)=O)c1. The van der Waals surface area contributed by atoms with Crippen LogP contribution in [0.4, 0.5) is 11.4 Å². The largest absolute Gasteiger partial charge is 0.392 e. The van der Waals surface area contributed by atoms with Crippen molar-refractivity contribution in [1.82, 2.24) is 0 Å². The first-order valence-corrected chi connectivity index (χ1v) is 11.6. The van der Waals surface area contributed by atoms with Gasteiger partial charge in [-0.3, -0.25) is 9.03 Å². The lowest BCUT2D eigenvalue weighted by Gasteiger charge is -2.20. The number of aliphatic hydroxyl groups excluding tert-OH is 1. The van der Waals surface area contributed by atoms with Crippen LogP contribution in [0.1, 0.15) is 17.5 Å². The average molecular weight is 431 g/mol. The average Bonchev–Trinajstić information content (AvgIpc) is 2.95. The van der Waals surface area contributed by atoms with E-state index in [1.54, 1.807) is 19.1 Å². The van der Waals surface area contributed by atoms with E-state index in [9.17, 15) is 21.9 Å². The van der Waals surface area contributed by atoms with Crippen molar-refractivity contribution in [2.45, 2.75) is 24.8 Å². The summed E-state index contributed by atoms with van der Waals surface area (Å²) in [5.41, 5.74) is 1.44. The molecule has 0 aromatic heterocycles. The van der Waals surface area contributed by atoms with Gasteiger partial charge in [0.25, 0.3) is 10.0 Å². The van der Waals surface area contributed by atoms with Gasteiger partial charge in [0.05, 0.1) is 33.7 Å². The molecule has 2 aromatic rings. The summed E-state index contributed by atoms with van der Waals surface area (Å²) in [6.45, 7) is 1.68. The molecule has 0 spiro atoms. The van der Waals surface area contributed by atoms with Crippen molar-refractivity contribution in [3.05, 3.63) is 52.5 Å². The zero-order valence-corrected chi connectivity index (χ0v) is 16.9. The molecule has 0 atom stereocenters. The highest BCUT2D eigenvalue weighted by molar-refractivity contribution is 7.93. The maximum atomic E-state index is 12.8. The number of hydrogen-bond donors (Lipinski definition) is 2. The Morgan fingerprint density at radius 3 is 2.59 bits per heavy atom. The molecule has 0 amide bonds. The van der Waals surface area contributed by atoms with Gasteiger partial charge in [0, 0.05) is 6.54 Å². The highest BCUT2D eigenvalue weighted by Gasteiger charge is 2.30. The number of nitrogens with one attached hydrogen (secondary N) is 1. The van der Waals surface area contributed by atoms with Gasteiger partial charge < -0.3 is 5.11 Å². The maximum Gasteiger partial charge on any atom is 0.262 e. The van der Waals surface area contributed by atoms with Gasteiger partial charge in [-0.25, -0.2) is 16.8 Å². The number of hydrogen-bond acceptors (Lipinski definition) is 5. The lowest BCUT2D eigenvalue weighted by Crippen LogP contribution is -2.25. The molecule has 0 radical (unpaired) electrons. The minimum atomic E-state index is -3.93. The van der Waals surface area contributed by atoms with Crippen LogP contribution in [-0.4, -0.2) is 34.2 Å². The van der Waals surface area contributed by atoms with E-state index in [1.807, 2.05) is 0 Å². The van der Waals surface area contributed by atoms with Gasteiger partial charge in [0.15, 0.2) is 0 Å². The Hall–Kier alpha value is -1.81. The standard InChI is InChI=1S/C17H19ClN2O5S2/c1-12-3-4-13(11-21)9-17(12)27(24,25)19-14-5-6-15(18)16(10-14)20-7-2-8-26(20,22)23/h3-6,9-10,19,21H,2,7-8,11H2,1H3. The fraction of sp³-hybridized carbons (Fsp3) is 0.294. The first-order valence-electron chi connectivity index (χ1n) is 8.17. The van der Waals surface area contributed by atoms with Gasteiger partial charge in [-0.2, -0.15) is 0 Å². The van der Waals surface area contributed by atoms with E-state index in [0.29, 0.717) is 24.1 Å². The summed E-state index contributed by atoms with van der Waals surface area (Å²) in [7, 11) is -7.38. The number of aryl methyl sites for hydroxylation is 1. The first kappa shape index (κ1) is 19.9. The van der Waals surface area contributed by atoms with Crippen LogP contribution in [-0.2, 0) is 26.7 Å². The number of halogens is 1. The molecule has 0 aliphatic carbocycles. The van der Waals surface area contributed by atoms with Crippen LogP contribution in [0.3, 0.4) is 0 Å². The molecule has 1 fully saturated rings. The lowest BCUT2D eigenvalue weighted by molar-refractivity contribution is 0.281. The van der Waals surface area contributed by atoms with Gasteiger partial charge in [-0.05, 0) is 48.7 Å². The summed E-state index contributed by atoms with van der Waals surface area (Å²) >= 11 is 6.15. The van der Waals surface area contributed by atoms with E-state index in [0.717, 1.165) is 0 Å². The quantitative estimate of drug-likeness (QED) is 0.758. The molecule has 10 heteroatoms. The zero-order chi connectivity index (χ0) is 19.8. The van der Waals surface area contributed by atoms with Crippen LogP contribution in [0.15, 0.2) is 41.3 Å². The normalized spacial score (nSPS) is 16.5. The molecule has 3 rings (SSSR count). The van der Waals surface area contributed by atoms with E-state index in [2.05, 4.69) is 4.72 Å². The predicted molar refractivity (Wildman–Crippen MR) is 105 cm³/mol. The second-order valence-corrected chi connectivity index (χ2v) is 10.3. The van der Waals surface area contributed by atoms with Crippen LogP contribution in [0.2, 0.25) is 5.02 Å². The third-order valence-electron chi connectivity index (χ3n) is 4.29. The first-order chi connectivity index (χ1) is 12.6. The zero-order valence-electron chi connectivity index (χ0n) is 14.5. The molecule has 2 N–H and O–H groups in total.